The van der Waals surface area contributed by atoms with Gasteiger partial charge in [-0.1, -0.05) is 31.1 Å². The fraction of sp³-hybridized carbons (Fsp3) is 0.462. The second-order valence-corrected chi connectivity index (χ2v) is 5.36. The minimum absolute atomic E-state index is 0.206. The first-order valence-electron chi connectivity index (χ1n) is 6.38. The van der Waals surface area contributed by atoms with Gasteiger partial charge in [-0.25, -0.2) is 0 Å². The summed E-state index contributed by atoms with van der Waals surface area (Å²) in [6, 6.07) is 1.65. The summed E-state index contributed by atoms with van der Waals surface area (Å²) in [5, 5.41) is 12.3. The van der Waals surface area contributed by atoms with Crippen molar-refractivity contribution >= 4 is 22.4 Å². The van der Waals surface area contributed by atoms with Gasteiger partial charge in [0.1, 0.15) is 10.8 Å². The number of anilines is 1. The molecule has 2 rings (SSSR count). The molecule has 0 fully saturated rings. The van der Waals surface area contributed by atoms with E-state index in [-0.39, 0.29) is 5.91 Å². The van der Waals surface area contributed by atoms with Crippen molar-refractivity contribution in [2.45, 2.75) is 39.5 Å². The lowest BCUT2D eigenvalue weighted by Gasteiger charge is -1.98. The van der Waals surface area contributed by atoms with Crippen LogP contribution < -0.4 is 5.32 Å². The maximum Gasteiger partial charge on any atom is 0.261 e. The van der Waals surface area contributed by atoms with Crippen LogP contribution in [0.5, 0.6) is 0 Å². The fourth-order valence-corrected chi connectivity index (χ4v) is 2.49. The summed E-state index contributed by atoms with van der Waals surface area (Å²) in [5.74, 6) is 0.396. The Hall–Kier alpha value is -1.69. The topological polar surface area (TPSA) is 68.0 Å². The van der Waals surface area contributed by atoms with Crippen LogP contribution in [0.15, 0.2) is 16.7 Å². The number of aromatic nitrogens is 2. The largest absolute Gasteiger partial charge is 0.469 e. The highest BCUT2D eigenvalue weighted by molar-refractivity contribution is 7.15. The Balaban J connectivity index is 1.93. The SMILES string of the molecule is CCCCCc1nnc(NC(=O)c2ccoc2C)s1. The van der Waals surface area contributed by atoms with Crippen molar-refractivity contribution in [3.8, 4) is 0 Å². The average Bonchev–Trinajstić information content (AvgIpc) is 2.99. The summed E-state index contributed by atoms with van der Waals surface area (Å²) in [7, 11) is 0. The van der Waals surface area contributed by atoms with Crippen molar-refractivity contribution in [3.63, 3.8) is 0 Å². The maximum atomic E-state index is 11.9. The third kappa shape index (κ3) is 3.64. The molecule has 0 radical (unpaired) electrons. The summed E-state index contributed by atoms with van der Waals surface area (Å²) in [5.41, 5.74) is 0.530. The highest BCUT2D eigenvalue weighted by atomic mass is 32.1. The molecule has 19 heavy (non-hydrogen) atoms. The van der Waals surface area contributed by atoms with Crippen LogP contribution in [0.2, 0.25) is 0 Å². The minimum Gasteiger partial charge on any atom is -0.469 e. The highest BCUT2D eigenvalue weighted by Crippen LogP contribution is 2.19. The molecule has 1 N–H and O–H groups in total. The van der Waals surface area contributed by atoms with Crippen molar-refractivity contribution in [1.82, 2.24) is 10.2 Å². The van der Waals surface area contributed by atoms with Crippen molar-refractivity contribution in [3.05, 3.63) is 28.7 Å². The third-order valence-electron chi connectivity index (χ3n) is 2.78. The van der Waals surface area contributed by atoms with Crippen LogP contribution in [0, 0.1) is 6.92 Å². The Morgan fingerprint density at radius 1 is 1.42 bits per heavy atom. The number of hydrogen-bond acceptors (Lipinski definition) is 5. The lowest BCUT2D eigenvalue weighted by molar-refractivity contribution is 0.102. The number of carbonyl (C=O) groups excluding carboxylic acids is 1. The maximum absolute atomic E-state index is 11.9. The number of rotatable bonds is 6. The van der Waals surface area contributed by atoms with Gasteiger partial charge in [-0.2, -0.15) is 0 Å². The Bertz CT molecular complexity index is 548. The van der Waals surface area contributed by atoms with Crippen molar-refractivity contribution in [1.29, 1.82) is 0 Å². The number of aryl methyl sites for hydroxylation is 2. The molecule has 2 heterocycles. The normalized spacial score (nSPS) is 10.6. The molecule has 0 saturated heterocycles. The molecule has 0 unspecified atom stereocenters. The second kappa shape index (κ2) is 6.47. The van der Waals surface area contributed by atoms with Gasteiger partial charge in [-0.15, -0.1) is 10.2 Å². The van der Waals surface area contributed by atoms with Crippen molar-refractivity contribution in [2.75, 3.05) is 5.32 Å². The zero-order valence-corrected chi connectivity index (χ0v) is 11.9. The number of hydrogen-bond donors (Lipinski definition) is 1. The van der Waals surface area contributed by atoms with E-state index in [0.29, 0.717) is 16.5 Å². The predicted molar refractivity (Wildman–Crippen MR) is 74.5 cm³/mol. The van der Waals surface area contributed by atoms with Gasteiger partial charge in [0.25, 0.3) is 5.91 Å². The van der Waals surface area contributed by atoms with Gasteiger partial charge < -0.3 is 4.42 Å². The Kier molecular flexibility index (Phi) is 4.68. The van der Waals surface area contributed by atoms with E-state index in [4.69, 9.17) is 4.42 Å². The van der Waals surface area contributed by atoms with Gasteiger partial charge in [0.15, 0.2) is 0 Å². The zero-order valence-electron chi connectivity index (χ0n) is 11.1. The molecule has 2 aromatic heterocycles. The smallest absolute Gasteiger partial charge is 0.261 e. The summed E-state index contributed by atoms with van der Waals surface area (Å²) < 4.78 is 5.10. The Morgan fingerprint density at radius 2 is 2.26 bits per heavy atom. The van der Waals surface area contributed by atoms with Crippen LogP contribution in [-0.2, 0) is 6.42 Å². The van der Waals surface area contributed by atoms with Crippen LogP contribution >= 0.6 is 11.3 Å². The van der Waals surface area contributed by atoms with Gasteiger partial charge >= 0.3 is 0 Å². The Labute approximate surface area is 116 Å². The third-order valence-corrected chi connectivity index (χ3v) is 3.68. The van der Waals surface area contributed by atoms with E-state index in [1.54, 1.807) is 13.0 Å². The second-order valence-electron chi connectivity index (χ2n) is 4.30. The molecule has 0 aromatic carbocycles. The Morgan fingerprint density at radius 3 is 2.95 bits per heavy atom. The number of nitrogens with zero attached hydrogens (tertiary/aromatic N) is 2. The van der Waals surface area contributed by atoms with Crippen LogP contribution in [0.4, 0.5) is 5.13 Å². The molecule has 102 valence electrons. The number of furan rings is 1. The van der Waals surface area contributed by atoms with Crippen LogP contribution in [-0.4, -0.2) is 16.1 Å². The van der Waals surface area contributed by atoms with E-state index in [1.807, 2.05) is 0 Å². The lowest BCUT2D eigenvalue weighted by atomic mass is 10.2. The number of carbonyl (C=O) groups is 1. The van der Waals surface area contributed by atoms with E-state index in [2.05, 4.69) is 22.4 Å². The molecule has 0 saturated carbocycles. The van der Waals surface area contributed by atoms with E-state index in [9.17, 15) is 4.79 Å². The van der Waals surface area contributed by atoms with E-state index >= 15 is 0 Å². The lowest BCUT2D eigenvalue weighted by Crippen LogP contribution is -2.11. The van der Waals surface area contributed by atoms with Gasteiger partial charge in [0, 0.05) is 6.42 Å². The molecule has 6 heteroatoms. The predicted octanol–water partition coefficient (Wildman–Crippen LogP) is 3.42. The van der Waals surface area contributed by atoms with E-state index in [1.165, 1.54) is 30.4 Å². The van der Waals surface area contributed by atoms with Crippen LogP contribution in [0.25, 0.3) is 0 Å². The molecular weight excluding hydrogens is 262 g/mol. The van der Waals surface area contributed by atoms with Crippen molar-refractivity contribution < 1.29 is 9.21 Å². The van der Waals surface area contributed by atoms with Gasteiger partial charge in [0.2, 0.25) is 5.13 Å². The molecule has 0 atom stereocenters. The average molecular weight is 279 g/mol. The summed E-state index contributed by atoms with van der Waals surface area (Å²) in [6.45, 7) is 3.92. The van der Waals surface area contributed by atoms with Gasteiger partial charge in [-0.05, 0) is 19.4 Å². The highest BCUT2D eigenvalue weighted by Gasteiger charge is 2.13. The molecule has 0 bridgehead atoms. The molecule has 0 aliphatic carbocycles. The van der Waals surface area contributed by atoms with Crippen LogP contribution in [0.1, 0.15) is 47.3 Å². The van der Waals surface area contributed by atoms with Gasteiger partial charge in [0.05, 0.1) is 11.8 Å². The number of nitrogens with one attached hydrogen (secondary N) is 1. The number of amides is 1. The fourth-order valence-electron chi connectivity index (χ4n) is 1.72. The zero-order chi connectivity index (χ0) is 13.7. The van der Waals surface area contributed by atoms with Gasteiger partial charge in [-0.3, -0.25) is 10.1 Å². The molecule has 1 amide bonds. The summed E-state index contributed by atoms with van der Waals surface area (Å²) in [6.07, 6.45) is 5.91. The first kappa shape index (κ1) is 13.7. The molecule has 0 aliphatic rings. The minimum atomic E-state index is -0.206. The summed E-state index contributed by atoms with van der Waals surface area (Å²) in [4.78, 5) is 11.9. The molecule has 0 spiro atoms. The van der Waals surface area contributed by atoms with Crippen molar-refractivity contribution in [2.24, 2.45) is 0 Å². The molecule has 5 nitrogen and oxygen atoms in total. The van der Waals surface area contributed by atoms with Crippen LogP contribution in [0.3, 0.4) is 0 Å². The molecular formula is C13H17N3O2S. The standard InChI is InChI=1S/C13H17N3O2S/c1-3-4-5-6-11-15-16-13(19-11)14-12(17)10-7-8-18-9(10)2/h7-8H,3-6H2,1-2H3,(H,14,16,17). The quantitative estimate of drug-likeness (QED) is 0.823. The molecule has 2 aromatic rings. The van der Waals surface area contributed by atoms with E-state index in [0.717, 1.165) is 17.8 Å². The molecule has 0 aliphatic heterocycles. The first-order chi connectivity index (χ1) is 9.20. The van der Waals surface area contributed by atoms with E-state index < -0.39 is 0 Å². The first-order valence-corrected chi connectivity index (χ1v) is 7.20. The monoisotopic (exact) mass is 279 g/mol. The summed E-state index contributed by atoms with van der Waals surface area (Å²) >= 11 is 1.43. The number of unbranched alkanes of at least 4 members (excludes halogenated alkanes) is 2.